The molecule has 1 atom stereocenters. The molecule has 7 heteroatoms. The first-order valence-electron chi connectivity index (χ1n) is 10.6. The molecule has 1 aliphatic rings. The van der Waals surface area contributed by atoms with E-state index in [1.165, 1.54) is 4.31 Å². The van der Waals surface area contributed by atoms with E-state index in [0.717, 1.165) is 33.6 Å². The van der Waals surface area contributed by atoms with E-state index in [1.54, 1.807) is 17.5 Å². The Hall–Kier alpha value is -3.26. The zero-order valence-electron chi connectivity index (χ0n) is 17.7. The lowest BCUT2D eigenvalue weighted by atomic mass is 9.95. The average molecular weight is 475 g/mol. The number of nitrogens with zero attached hydrogens (tertiary/aromatic N) is 1. The normalized spacial score (nSPS) is 16.2. The fourth-order valence-electron chi connectivity index (χ4n) is 4.18. The van der Waals surface area contributed by atoms with Crippen LogP contribution in [0.4, 0.5) is 5.69 Å². The highest BCUT2D eigenvalue weighted by atomic mass is 32.2. The Balaban J connectivity index is 1.51. The number of anilines is 1. The maximum absolute atomic E-state index is 13.6. The van der Waals surface area contributed by atoms with Gasteiger partial charge in [0, 0.05) is 17.8 Å². The second kappa shape index (κ2) is 8.94. The van der Waals surface area contributed by atoms with Gasteiger partial charge in [-0.25, -0.2) is 8.42 Å². The van der Waals surface area contributed by atoms with Crippen LogP contribution in [0.15, 0.2) is 101 Å². The number of amides is 1. The van der Waals surface area contributed by atoms with Crippen LogP contribution in [0, 0.1) is 0 Å². The maximum atomic E-state index is 13.6. The second-order valence-corrected chi connectivity index (χ2v) is 10.9. The number of thiophene rings is 1. The molecule has 0 aliphatic carbocycles. The quantitative estimate of drug-likeness (QED) is 0.434. The van der Waals surface area contributed by atoms with Gasteiger partial charge in [0.1, 0.15) is 10.3 Å². The van der Waals surface area contributed by atoms with Gasteiger partial charge in [0.25, 0.3) is 10.0 Å². The highest BCUT2D eigenvalue weighted by Gasteiger charge is 2.40. The third-order valence-corrected chi connectivity index (χ3v) is 9.06. The Bertz CT molecular complexity index is 1380. The van der Waals surface area contributed by atoms with Crippen molar-refractivity contribution in [2.75, 3.05) is 5.32 Å². The number of nitrogens with one attached hydrogen (secondary N) is 1. The highest BCUT2D eigenvalue weighted by Crippen LogP contribution is 2.33. The van der Waals surface area contributed by atoms with Crippen LogP contribution in [0.25, 0.3) is 11.1 Å². The number of rotatable bonds is 5. The van der Waals surface area contributed by atoms with Crippen LogP contribution >= 0.6 is 11.3 Å². The minimum atomic E-state index is -3.82. The minimum absolute atomic E-state index is 0.162. The van der Waals surface area contributed by atoms with E-state index in [2.05, 4.69) is 5.32 Å². The molecule has 3 aromatic carbocycles. The van der Waals surface area contributed by atoms with Gasteiger partial charge in [0.15, 0.2) is 0 Å². The third kappa shape index (κ3) is 4.23. The SMILES string of the molecule is O=C(Nc1ccccc1-c1ccccc1)[C@H]1Cc2ccccc2CN1S(=O)(=O)c1cccs1. The number of carbonyl (C=O) groups excluding carboxylic acids is 1. The fraction of sp³-hybridized carbons (Fsp3) is 0.115. The standard InChI is InChI=1S/C26H22N2O3S2/c29-26(27-23-14-7-6-13-22(23)19-9-2-1-3-10-19)24-17-20-11-4-5-12-21(20)18-28(24)33(30,31)25-15-8-16-32-25/h1-16,24H,17-18H2,(H,27,29)/t24-/m1/s1. The average Bonchev–Trinajstić information content (AvgIpc) is 3.40. The summed E-state index contributed by atoms with van der Waals surface area (Å²) in [6, 6.07) is 27.5. The molecule has 0 radical (unpaired) electrons. The number of sulfonamides is 1. The van der Waals surface area contributed by atoms with E-state index in [4.69, 9.17) is 0 Å². The summed E-state index contributed by atoms with van der Waals surface area (Å²) in [4.78, 5) is 13.6. The number of hydrogen-bond donors (Lipinski definition) is 1. The van der Waals surface area contributed by atoms with Crippen LogP contribution in [-0.4, -0.2) is 24.7 Å². The van der Waals surface area contributed by atoms with E-state index >= 15 is 0 Å². The molecule has 2 heterocycles. The number of carbonyl (C=O) groups is 1. The van der Waals surface area contributed by atoms with Gasteiger partial charge in [0.05, 0.1) is 0 Å². The van der Waals surface area contributed by atoms with E-state index in [9.17, 15) is 13.2 Å². The van der Waals surface area contributed by atoms with Crippen molar-refractivity contribution in [1.82, 2.24) is 4.31 Å². The molecule has 166 valence electrons. The van der Waals surface area contributed by atoms with Gasteiger partial charge >= 0.3 is 0 Å². The molecule has 0 saturated carbocycles. The molecule has 0 spiro atoms. The Morgan fingerprint density at radius 2 is 1.55 bits per heavy atom. The van der Waals surface area contributed by atoms with Crippen molar-refractivity contribution in [2.24, 2.45) is 0 Å². The van der Waals surface area contributed by atoms with Crippen molar-refractivity contribution in [2.45, 2.75) is 23.2 Å². The molecule has 1 aromatic heterocycles. The van der Waals surface area contributed by atoms with Gasteiger partial charge in [0.2, 0.25) is 5.91 Å². The first kappa shape index (κ1) is 21.6. The first-order chi connectivity index (χ1) is 16.0. The lowest BCUT2D eigenvalue weighted by molar-refractivity contribution is -0.120. The summed E-state index contributed by atoms with van der Waals surface area (Å²) in [7, 11) is -3.82. The zero-order valence-corrected chi connectivity index (χ0v) is 19.4. The largest absolute Gasteiger partial charge is 0.324 e. The minimum Gasteiger partial charge on any atom is -0.324 e. The highest BCUT2D eigenvalue weighted by molar-refractivity contribution is 7.91. The topological polar surface area (TPSA) is 66.5 Å². The summed E-state index contributed by atoms with van der Waals surface area (Å²) in [5.74, 6) is -0.340. The van der Waals surface area contributed by atoms with Crippen molar-refractivity contribution < 1.29 is 13.2 Å². The Morgan fingerprint density at radius 3 is 2.30 bits per heavy atom. The zero-order chi connectivity index (χ0) is 22.8. The summed E-state index contributed by atoms with van der Waals surface area (Å²) in [6.45, 7) is 0.162. The summed E-state index contributed by atoms with van der Waals surface area (Å²) < 4.78 is 28.5. The van der Waals surface area contributed by atoms with Crippen LogP contribution in [0.5, 0.6) is 0 Å². The molecule has 1 N–H and O–H groups in total. The lowest BCUT2D eigenvalue weighted by Crippen LogP contribution is -2.50. The summed E-state index contributed by atoms with van der Waals surface area (Å²) in [6.07, 6.45) is 0.320. The van der Waals surface area contributed by atoms with E-state index in [0.29, 0.717) is 12.1 Å². The summed E-state index contributed by atoms with van der Waals surface area (Å²) >= 11 is 1.16. The third-order valence-electron chi connectivity index (χ3n) is 5.84. The van der Waals surface area contributed by atoms with Gasteiger partial charge in [-0.2, -0.15) is 4.31 Å². The van der Waals surface area contributed by atoms with Crippen LogP contribution < -0.4 is 5.32 Å². The molecule has 0 fully saturated rings. The predicted molar refractivity (Wildman–Crippen MR) is 131 cm³/mol. The van der Waals surface area contributed by atoms with Crippen LogP contribution in [-0.2, 0) is 27.8 Å². The molecule has 0 bridgehead atoms. The Kier molecular flexibility index (Phi) is 5.85. The smallest absolute Gasteiger partial charge is 0.253 e. The fourth-order valence-corrected chi connectivity index (χ4v) is 6.86. The Labute approximate surface area is 197 Å². The van der Waals surface area contributed by atoms with Crippen molar-refractivity contribution in [3.05, 3.63) is 108 Å². The lowest BCUT2D eigenvalue weighted by Gasteiger charge is -2.34. The molecule has 4 aromatic rings. The van der Waals surface area contributed by atoms with E-state index in [-0.39, 0.29) is 16.7 Å². The van der Waals surface area contributed by atoms with E-state index in [1.807, 2.05) is 78.9 Å². The molecule has 1 amide bonds. The molecule has 33 heavy (non-hydrogen) atoms. The van der Waals surface area contributed by atoms with Crippen LogP contribution in [0.2, 0.25) is 0 Å². The van der Waals surface area contributed by atoms with Crippen molar-refractivity contribution >= 4 is 33.0 Å². The molecule has 5 nitrogen and oxygen atoms in total. The summed E-state index contributed by atoms with van der Waals surface area (Å²) in [5.41, 5.74) is 4.43. The van der Waals surface area contributed by atoms with Crippen LogP contribution in [0.1, 0.15) is 11.1 Å². The Morgan fingerprint density at radius 1 is 0.848 bits per heavy atom. The maximum Gasteiger partial charge on any atom is 0.253 e. The number of benzene rings is 3. The number of fused-ring (bicyclic) bond motifs is 1. The molecular weight excluding hydrogens is 452 g/mol. The molecular formula is C26H22N2O3S2. The van der Waals surface area contributed by atoms with Gasteiger partial charge < -0.3 is 5.32 Å². The molecule has 1 aliphatic heterocycles. The molecule has 0 unspecified atom stereocenters. The summed E-state index contributed by atoms with van der Waals surface area (Å²) in [5, 5.41) is 4.75. The number of hydrogen-bond acceptors (Lipinski definition) is 4. The van der Waals surface area contributed by atoms with Crippen LogP contribution in [0.3, 0.4) is 0 Å². The van der Waals surface area contributed by atoms with Crippen molar-refractivity contribution in [1.29, 1.82) is 0 Å². The van der Waals surface area contributed by atoms with Gasteiger partial charge in [-0.15, -0.1) is 11.3 Å². The second-order valence-electron chi connectivity index (χ2n) is 7.87. The first-order valence-corrected chi connectivity index (χ1v) is 12.9. The predicted octanol–water partition coefficient (Wildman–Crippen LogP) is 5.17. The monoisotopic (exact) mass is 474 g/mol. The van der Waals surface area contributed by atoms with E-state index < -0.39 is 16.1 Å². The molecule has 5 rings (SSSR count). The van der Waals surface area contributed by atoms with Gasteiger partial charge in [-0.3, -0.25) is 4.79 Å². The van der Waals surface area contributed by atoms with Gasteiger partial charge in [-0.05, 0) is 40.6 Å². The molecule has 0 saturated heterocycles. The van der Waals surface area contributed by atoms with Gasteiger partial charge in [-0.1, -0.05) is 78.9 Å². The van der Waals surface area contributed by atoms with Crippen molar-refractivity contribution in [3.63, 3.8) is 0 Å². The van der Waals surface area contributed by atoms with Crippen molar-refractivity contribution in [3.8, 4) is 11.1 Å². The number of para-hydroxylation sites is 1.